The van der Waals surface area contributed by atoms with Crippen LogP contribution in [-0.2, 0) is 0 Å². The lowest BCUT2D eigenvalue weighted by Gasteiger charge is -2.03. The molecule has 0 unspecified atom stereocenters. The van der Waals surface area contributed by atoms with E-state index in [1.165, 1.54) is 11.3 Å². The van der Waals surface area contributed by atoms with Gasteiger partial charge in [0, 0.05) is 22.2 Å². The number of pyridine rings is 2. The summed E-state index contributed by atoms with van der Waals surface area (Å²) in [7, 11) is 1.62. The maximum atomic E-state index is 6.15. The predicted molar refractivity (Wildman–Crippen MR) is 127 cm³/mol. The van der Waals surface area contributed by atoms with Gasteiger partial charge in [-0.2, -0.15) is 5.10 Å². The molecule has 7 nitrogen and oxygen atoms in total. The van der Waals surface area contributed by atoms with Gasteiger partial charge in [-0.05, 0) is 36.4 Å². The number of hydrogen-bond donors (Lipinski definition) is 2. The van der Waals surface area contributed by atoms with Gasteiger partial charge in [-0.3, -0.25) is 10.1 Å². The molecule has 0 saturated heterocycles. The third kappa shape index (κ3) is 3.12. The number of aromatic amines is 2. The Morgan fingerprint density at radius 1 is 0.969 bits per heavy atom. The first-order valence-electron chi connectivity index (χ1n) is 9.79. The van der Waals surface area contributed by atoms with Gasteiger partial charge in [-0.15, -0.1) is 11.3 Å². The lowest BCUT2D eigenvalue weighted by Crippen LogP contribution is -1.89. The molecule has 0 bridgehead atoms. The number of hydrogen-bond acceptors (Lipinski definition) is 6. The van der Waals surface area contributed by atoms with E-state index in [4.69, 9.17) is 26.3 Å². The average molecular weight is 459 g/mol. The maximum absolute atomic E-state index is 6.15. The minimum Gasteiger partial charge on any atom is -0.495 e. The summed E-state index contributed by atoms with van der Waals surface area (Å²) in [5.41, 5.74) is 6.66. The molecule has 0 aliphatic carbocycles. The van der Waals surface area contributed by atoms with Crippen molar-refractivity contribution in [1.29, 1.82) is 0 Å². The summed E-state index contributed by atoms with van der Waals surface area (Å²) in [6, 6.07) is 15.7. The van der Waals surface area contributed by atoms with Crippen LogP contribution in [0.2, 0.25) is 4.34 Å². The number of para-hydroxylation sites is 1. The number of rotatable bonds is 4. The molecule has 5 heterocycles. The zero-order valence-corrected chi connectivity index (χ0v) is 18.3. The van der Waals surface area contributed by atoms with Gasteiger partial charge < -0.3 is 9.72 Å². The first-order valence-corrected chi connectivity index (χ1v) is 11.0. The molecular weight excluding hydrogens is 444 g/mol. The predicted octanol–water partition coefficient (Wildman–Crippen LogP) is 5.95. The first-order chi connectivity index (χ1) is 15.7. The molecule has 0 aliphatic rings. The van der Waals surface area contributed by atoms with E-state index < -0.39 is 0 Å². The lowest BCUT2D eigenvalue weighted by molar-refractivity contribution is 0.413. The second kappa shape index (κ2) is 7.44. The summed E-state index contributed by atoms with van der Waals surface area (Å²) < 4.78 is 6.04. The van der Waals surface area contributed by atoms with E-state index in [-0.39, 0.29) is 0 Å². The Morgan fingerprint density at radius 2 is 1.91 bits per heavy atom. The molecule has 6 rings (SSSR count). The van der Waals surface area contributed by atoms with E-state index in [2.05, 4.69) is 20.2 Å². The van der Waals surface area contributed by atoms with Crippen LogP contribution in [0.5, 0.6) is 5.75 Å². The van der Waals surface area contributed by atoms with Crippen LogP contribution in [-0.4, -0.2) is 37.2 Å². The van der Waals surface area contributed by atoms with Gasteiger partial charge in [0.05, 0.1) is 39.9 Å². The molecule has 0 fully saturated rings. The van der Waals surface area contributed by atoms with Crippen molar-refractivity contribution in [1.82, 2.24) is 30.1 Å². The molecule has 2 N–H and O–H groups in total. The number of fused-ring (bicyclic) bond motifs is 2. The number of halogens is 1. The van der Waals surface area contributed by atoms with E-state index in [0.29, 0.717) is 17.3 Å². The highest BCUT2D eigenvalue weighted by Gasteiger charge is 2.17. The molecule has 156 valence electrons. The fourth-order valence-corrected chi connectivity index (χ4v) is 4.77. The monoisotopic (exact) mass is 458 g/mol. The minimum atomic E-state index is 0.648. The van der Waals surface area contributed by atoms with Crippen molar-refractivity contribution in [3.05, 3.63) is 65.3 Å². The zero-order chi connectivity index (χ0) is 21.7. The van der Waals surface area contributed by atoms with E-state index in [9.17, 15) is 0 Å². The van der Waals surface area contributed by atoms with E-state index in [1.54, 1.807) is 19.5 Å². The van der Waals surface area contributed by atoms with Crippen molar-refractivity contribution >= 4 is 45.0 Å². The highest BCUT2D eigenvalue weighted by molar-refractivity contribution is 7.19. The Hall–Kier alpha value is -3.75. The molecule has 0 aliphatic heterocycles. The standard InChI is InChI=1S/C23H15ClN6OS/c1-31-13-9-12(10-25-11-13)15-5-6-17-21(26-15)22(30-29-17)23-27-16-4-2-3-14(20(16)28-23)18-7-8-19(24)32-18/h2-11H,1H3,(H,27,28)(H,29,30). The minimum absolute atomic E-state index is 0.648. The summed E-state index contributed by atoms with van der Waals surface area (Å²) >= 11 is 7.68. The smallest absolute Gasteiger partial charge is 0.161 e. The van der Waals surface area contributed by atoms with Crippen LogP contribution in [0.1, 0.15) is 0 Å². The van der Waals surface area contributed by atoms with Gasteiger partial charge in [-0.1, -0.05) is 23.7 Å². The number of ether oxygens (including phenoxy) is 1. The third-order valence-electron chi connectivity index (χ3n) is 5.23. The van der Waals surface area contributed by atoms with Crippen LogP contribution in [0.15, 0.2) is 60.9 Å². The Kier molecular flexibility index (Phi) is 4.41. The molecule has 5 aromatic heterocycles. The SMILES string of the molecule is COc1cncc(-c2ccc3[nH]nc(-c4nc5c(-c6ccc(Cl)s6)cccc5[nH]4)c3n2)c1. The van der Waals surface area contributed by atoms with Gasteiger partial charge in [0.1, 0.15) is 11.3 Å². The van der Waals surface area contributed by atoms with Crippen molar-refractivity contribution in [2.45, 2.75) is 0 Å². The highest BCUT2D eigenvalue weighted by Crippen LogP contribution is 2.36. The molecule has 0 spiro atoms. The number of methoxy groups -OCH3 is 1. The first kappa shape index (κ1) is 19.0. The number of nitrogens with zero attached hydrogens (tertiary/aromatic N) is 4. The van der Waals surface area contributed by atoms with E-state index in [0.717, 1.165) is 48.1 Å². The van der Waals surface area contributed by atoms with E-state index in [1.807, 2.05) is 48.5 Å². The molecule has 0 atom stereocenters. The Morgan fingerprint density at radius 3 is 2.75 bits per heavy atom. The van der Waals surface area contributed by atoms with Crippen LogP contribution >= 0.6 is 22.9 Å². The summed E-state index contributed by atoms with van der Waals surface area (Å²) in [6.45, 7) is 0. The van der Waals surface area contributed by atoms with Crippen molar-refractivity contribution in [2.75, 3.05) is 7.11 Å². The summed E-state index contributed by atoms with van der Waals surface area (Å²) in [5.74, 6) is 1.32. The fraction of sp³-hybridized carbons (Fsp3) is 0.0435. The van der Waals surface area contributed by atoms with Gasteiger partial charge in [0.2, 0.25) is 0 Å². The molecule has 0 saturated carbocycles. The Bertz CT molecular complexity index is 1600. The van der Waals surface area contributed by atoms with Crippen LogP contribution in [0.3, 0.4) is 0 Å². The number of imidazole rings is 1. The fourth-order valence-electron chi connectivity index (χ4n) is 3.70. The van der Waals surface area contributed by atoms with Crippen LogP contribution in [0.4, 0.5) is 0 Å². The number of benzene rings is 1. The van der Waals surface area contributed by atoms with Crippen molar-refractivity contribution in [2.24, 2.45) is 0 Å². The quantitative estimate of drug-likeness (QED) is 0.340. The van der Waals surface area contributed by atoms with Crippen molar-refractivity contribution < 1.29 is 4.74 Å². The molecule has 6 aromatic rings. The Labute approximate surface area is 191 Å². The average Bonchev–Trinajstić information content (AvgIpc) is 3.55. The summed E-state index contributed by atoms with van der Waals surface area (Å²) in [5, 5.41) is 7.55. The van der Waals surface area contributed by atoms with Gasteiger partial charge >= 0.3 is 0 Å². The molecule has 32 heavy (non-hydrogen) atoms. The molecule has 0 amide bonds. The van der Waals surface area contributed by atoms with Crippen LogP contribution < -0.4 is 4.74 Å². The van der Waals surface area contributed by atoms with Gasteiger partial charge in [0.25, 0.3) is 0 Å². The highest BCUT2D eigenvalue weighted by atomic mass is 35.5. The lowest BCUT2D eigenvalue weighted by atomic mass is 10.1. The second-order valence-corrected chi connectivity index (χ2v) is 8.88. The van der Waals surface area contributed by atoms with Crippen molar-refractivity contribution in [3.8, 4) is 39.0 Å². The zero-order valence-electron chi connectivity index (χ0n) is 16.8. The van der Waals surface area contributed by atoms with Gasteiger partial charge in [-0.25, -0.2) is 9.97 Å². The third-order valence-corrected chi connectivity index (χ3v) is 6.49. The van der Waals surface area contributed by atoms with Crippen LogP contribution in [0.25, 0.3) is 55.3 Å². The normalized spacial score (nSPS) is 11.4. The number of aromatic nitrogens is 6. The summed E-state index contributed by atoms with van der Waals surface area (Å²) in [4.78, 5) is 18.4. The summed E-state index contributed by atoms with van der Waals surface area (Å²) in [6.07, 6.45) is 3.42. The molecular formula is C23H15ClN6OS. The number of H-pyrrole nitrogens is 2. The molecule has 1 aromatic carbocycles. The Balaban J connectivity index is 1.49. The topological polar surface area (TPSA) is 92.4 Å². The van der Waals surface area contributed by atoms with Gasteiger partial charge in [0.15, 0.2) is 11.5 Å². The number of nitrogens with one attached hydrogen (secondary N) is 2. The second-order valence-electron chi connectivity index (χ2n) is 7.17. The maximum Gasteiger partial charge on any atom is 0.161 e. The molecule has 0 radical (unpaired) electrons. The van der Waals surface area contributed by atoms with Crippen LogP contribution in [0, 0.1) is 0 Å². The number of thiophene rings is 1. The largest absolute Gasteiger partial charge is 0.495 e. The van der Waals surface area contributed by atoms with E-state index >= 15 is 0 Å². The molecule has 9 heteroatoms. The van der Waals surface area contributed by atoms with Crippen molar-refractivity contribution in [3.63, 3.8) is 0 Å².